The van der Waals surface area contributed by atoms with Gasteiger partial charge in [0.05, 0.1) is 0 Å². The minimum absolute atomic E-state index is 0.107. The van der Waals surface area contributed by atoms with Crippen molar-refractivity contribution in [3.8, 4) is 0 Å². The molecular formula is C13H13NO3. The standard InChI is InChI=1S/C13H13NO3/c1-10(17)14-4-2-3-11-5-12(8-15)7-13(6-11)9-16/h2-3,5-9H,4H2,1H3,(H,14,17). The molecule has 0 aliphatic rings. The topological polar surface area (TPSA) is 63.2 Å². The first kappa shape index (κ1) is 12.8. The molecule has 0 aliphatic carbocycles. The lowest BCUT2D eigenvalue weighted by Gasteiger charge is -1.99. The zero-order chi connectivity index (χ0) is 12.7. The Balaban J connectivity index is 2.79. The van der Waals surface area contributed by atoms with Gasteiger partial charge in [-0.2, -0.15) is 0 Å². The summed E-state index contributed by atoms with van der Waals surface area (Å²) >= 11 is 0. The molecule has 0 atom stereocenters. The summed E-state index contributed by atoms with van der Waals surface area (Å²) in [5, 5.41) is 2.61. The van der Waals surface area contributed by atoms with Gasteiger partial charge in [-0.15, -0.1) is 0 Å². The molecule has 0 aromatic heterocycles. The van der Waals surface area contributed by atoms with E-state index in [4.69, 9.17) is 0 Å². The number of hydrogen-bond donors (Lipinski definition) is 1. The maximum atomic E-state index is 10.6. The zero-order valence-corrected chi connectivity index (χ0v) is 9.47. The molecule has 1 aromatic rings. The van der Waals surface area contributed by atoms with Crippen molar-refractivity contribution < 1.29 is 14.4 Å². The van der Waals surface area contributed by atoms with Crippen LogP contribution < -0.4 is 5.32 Å². The van der Waals surface area contributed by atoms with E-state index in [-0.39, 0.29) is 5.91 Å². The van der Waals surface area contributed by atoms with Gasteiger partial charge in [0.25, 0.3) is 0 Å². The molecule has 0 radical (unpaired) electrons. The summed E-state index contributed by atoms with van der Waals surface area (Å²) in [6, 6.07) is 4.86. The minimum atomic E-state index is -0.107. The predicted octanol–water partition coefficient (Wildman–Crippen LogP) is 1.46. The Kier molecular flexibility index (Phi) is 4.81. The van der Waals surface area contributed by atoms with E-state index in [0.717, 1.165) is 5.56 Å². The lowest BCUT2D eigenvalue weighted by Crippen LogP contribution is -2.19. The van der Waals surface area contributed by atoms with Gasteiger partial charge in [-0.1, -0.05) is 12.2 Å². The molecule has 4 heteroatoms. The second-order valence-corrected chi connectivity index (χ2v) is 3.51. The van der Waals surface area contributed by atoms with Gasteiger partial charge >= 0.3 is 0 Å². The van der Waals surface area contributed by atoms with Gasteiger partial charge in [-0.3, -0.25) is 14.4 Å². The highest BCUT2D eigenvalue weighted by molar-refractivity contribution is 5.84. The third kappa shape index (κ3) is 4.42. The summed E-state index contributed by atoms with van der Waals surface area (Å²) < 4.78 is 0. The van der Waals surface area contributed by atoms with Crippen molar-refractivity contribution in [2.24, 2.45) is 0 Å². The molecule has 88 valence electrons. The molecule has 0 unspecified atom stereocenters. The Labute approximate surface area is 99.3 Å². The van der Waals surface area contributed by atoms with Gasteiger partial charge in [0.2, 0.25) is 5.91 Å². The second-order valence-electron chi connectivity index (χ2n) is 3.51. The number of carbonyl (C=O) groups is 3. The van der Waals surface area contributed by atoms with Crippen LogP contribution in [0.25, 0.3) is 6.08 Å². The number of carbonyl (C=O) groups excluding carboxylic acids is 3. The fourth-order valence-electron chi connectivity index (χ4n) is 1.33. The van der Waals surface area contributed by atoms with Crippen molar-refractivity contribution in [1.82, 2.24) is 5.32 Å². The second kappa shape index (κ2) is 6.37. The predicted molar refractivity (Wildman–Crippen MR) is 64.9 cm³/mol. The van der Waals surface area contributed by atoms with E-state index in [1.165, 1.54) is 13.0 Å². The number of aldehydes is 2. The maximum Gasteiger partial charge on any atom is 0.217 e. The molecule has 1 N–H and O–H groups in total. The van der Waals surface area contributed by atoms with Crippen LogP contribution in [0.3, 0.4) is 0 Å². The fourth-order valence-corrected chi connectivity index (χ4v) is 1.33. The van der Waals surface area contributed by atoms with Crippen LogP contribution in [0.4, 0.5) is 0 Å². The van der Waals surface area contributed by atoms with E-state index in [9.17, 15) is 14.4 Å². The number of nitrogens with one attached hydrogen (secondary N) is 1. The molecule has 0 bridgehead atoms. The fraction of sp³-hybridized carbons (Fsp3) is 0.154. The summed E-state index contributed by atoms with van der Waals surface area (Å²) in [5.74, 6) is -0.107. The highest BCUT2D eigenvalue weighted by Gasteiger charge is 1.97. The Morgan fingerprint density at radius 1 is 1.12 bits per heavy atom. The molecule has 4 nitrogen and oxygen atoms in total. The number of hydrogen-bond acceptors (Lipinski definition) is 3. The molecule has 0 saturated heterocycles. The van der Waals surface area contributed by atoms with E-state index >= 15 is 0 Å². The average molecular weight is 231 g/mol. The van der Waals surface area contributed by atoms with Crippen LogP contribution in [0.15, 0.2) is 24.3 Å². The molecule has 0 heterocycles. The minimum Gasteiger partial charge on any atom is -0.353 e. The van der Waals surface area contributed by atoms with Crippen LogP contribution in [-0.4, -0.2) is 25.0 Å². The van der Waals surface area contributed by atoms with Crippen molar-refractivity contribution in [2.75, 3.05) is 6.54 Å². The maximum absolute atomic E-state index is 10.6. The summed E-state index contributed by atoms with van der Waals surface area (Å²) in [7, 11) is 0. The van der Waals surface area contributed by atoms with E-state index in [2.05, 4.69) is 5.32 Å². The van der Waals surface area contributed by atoms with Crippen LogP contribution >= 0.6 is 0 Å². The number of benzene rings is 1. The zero-order valence-electron chi connectivity index (χ0n) is 9.47. The van der Waals surface area contributed by atoms with Gasteiger partial charge in [0.1, 0.15) is 12.6 Å². The van der Waals surface area contributed by atoms with Crippen molar-refractivity contribution in [2.45, 2.75) is 6.92 Å². The molecule has 0 saturated carbocycles. The van der Waals surface area contributed by atoms with Crippen molar-refractivity contribution in [3.05, 3.63) is 41.0 Å². The highest BCUT2D eigenvalue weighted by atomic mass is 16.1. The Hall–Kier alpha value is -2.23. The van der Waals surface area contributed by atoms with E-state index in [0.29, 0.717) is 30.2 Å². The SMILES string of the molecule is CC(=O)NCC=Cc1cc(C=O)cc(C=O)c1. The summed E-state index contributed by atoms with van der Waals surface area (Å²) in [4.78, 5) is 31.9. The van der Waals surface area contributed by atoms with Gasteiger partial charge in [0, 0.05) is 24.6 Å². The summed E-state index contributed by atoms with van der Waals surface area (Å²) in [5.41, 5.74) is 1.66. The van der Waals surface area contributed by atoms with Crippen molar-refractivity contribution in [3.63, 3.8) is 0 Å². The molecule has 1 rings (SSSR count). The third-order valence-corrected chi connectivity index (χ3v) is 2.05. The molecule has 0 spiro atoms. The Bertz CT molecular complexity index is 437. The van der Waals surface area contributed by atoms with Crippen LogP contribution in [0.1, 0.15) is 33.2 Å². The average Bonchev–Trinajstić information content (AvgIpc) is 2.34. The van der Waals surface area contributed by atoms with Crippen LogP contribution in [0.2, 0.25) is 0 Å². The van der Waals surface area contributed by atoms with Crippen LogP contribution in [0.5, 0.6) is 0 Å². The molecular weight excluding hydrogens is 218 g/mol. The van der Waals surface area contributed by atoms with Gasteiger partial charge in [0.15, 0.2) is 0 Å². The van der Waals surface area contributed by atoms with Crippen LogP contribution in [0, 0.1) is 0 Å². The molecule has 17 heavy (non-hydrogen) atoms. The largest absolute Gasteiger partial charge is 0.353 e. The van der Waals surface area contributed by atoms with Crippen LogP contribution in [-0.2, 0) is 4.79 Å². The third-order valence-electron chi connectivity index (χ3n) is 2.05. The normalized spacial score (nSPS) is 10.2. The highest BCUT2D eigenvalue weighted by Crippen LogP contribution is 2.09. The molecule has 1 amide bonds. The Morgan fingerprint density at radius 2 is 1.65 bits per heavy atom. The van der Waals surface area contributed by atoms with Crippen molar-refractivity contribution in [1.29, 1.82) is 0 Å². The van der Waals surface area contributed by atoms with E-state index in [1.807, 2.05) is 0 Å². The van der Waals surface area contributed by atoms with Crippen molar-refractivity contribution >= 4 is 24.6 Å². The van der Waals surface area contributed by atoms with E-state index in [1.54, 1.807) is 24.3 Å². The monoisotopic (exact) mass is 231 g/mol. The first-order valence-electron chi connectivity index (χ1n) is 5.12. The number of amides is 1. The smallest absolute Gasteiger partial charge is 0.217 e. The molecule has 0 aliphatic heterocycles. The van der Waals surface area contributed by atoms with Gasteiger partial charge in [-0.05, 0) is 23.8 Å². The lowest BCUT2D eigenvalue weighted by atomic mass is 10.1. The van der Waals surface area contributed by atoms with Gasteiger partial charge in [-0.25, -0.2) is 0 Å². The summed E-state index contributed by atoms with van der Waals surface area (Å²) in [6.07, 6.45) is 4.88. The quantitative estimate of drug-likeness (QED) is 0.780. The van der Waals surface area contributed by atoms with Gasteiger partial charge < -0.3 is 5.32 Å². The summed E-state index contributed by atoms with van der Waals surface area (Å²) in [6.45, 7) is 1.85. The number of rotatable bonds is 5. The molecule has 1 aromatic carbocycles. The first-order chi connectivity index (χ1) is 8.15. The Morgan fingerprint density at radius 3 is 2.12 bits per heavy atom. The van der Waals surface area contributed by atoms with E-state index < -0.39 is 0 Å². The lowest BCUT2D eigenvalue weighted by molar-refractivity contribution is -0.118. The first-order valence-corrected chi connectivity index (χ1v) is 5.12. The molecule has 0 fully saturated rings.